The summed E-state index contributed by atoms with van der Waals surface area (Å²) in [6, 6.07) is 0. The number of unbranched alkanes of at least 4 members (excludes halogenated alkanes) is 5. The number of amides is 2. The second-order valence-electron chi connectivity index (χ2n) is 18.5. The number of phosphoric acid groups is 3. The molecule has 29 heteroatoms. The first kappa shape index (κ1) is 59.7. The maximum Gasteiger partial charge on any atom is 0.309 e. The molecule has 0 saturated carbocycles. The molecule has 2 aromatic heterocycles. The van der Waals surface area contributed by atoms with Crippen LogP contribution < -0.4 is 35.9 Å². The van der Waals surface area contributed by atoms with E-state index >= 15 is 0 Å². The van der Waals surface area contributed by atoms with Gasteiger partial charge in [0, 0.05) is 36.8 Å². The van der Waals surface area contributed by atoms with Crippen LogP contribution >= 0.6 is 23.5 Å². The minimum atomic E-state index is -5.94. The first-order valence-corrected chi connectivity index (χ1v) is 26.5. The molecule has 0 spiro atoms. The fraction of sp³-hybridized carbons (Fsp3) is 0.725. The van der Waals surface area contributed by atoms with E-state index < -0.39 is 101 Å². The smallest absolute Gasteiger partial charge is 0.309 e. The summed E-state index contributed by atoms with van der Waals surface area (Å²) in [5, 5.41) is 35.6. The zero-order valence-electron chi connectivity index (χ0n) is 39.4. The lowest BCUT2D eigenvalue weighted by Crippen LogP contribution is -2.46. The second kappa shape index (κ2) is 25.7. The highest BCUT2D eigenvalue weighted by Gasteiger charge is 2.47. The van der Waals surface area contributed by atoms with Gasteiger partial charge in [-0.25, -0.2) is 19.3 Å². The molecule has 69 heavy (non-hydrogen) atoms. The van der Waals surface area contributed by atoms with E-state index in [1.54, 1.807) is 13.8 Å². The van der Waals surface area contributed by atoms with Gasteiger partial charge in [0.1, 0.15) is 42.0 Å². The lowest BCUT2D eigenvalue weighted by Gasteiger charge is -2.36. The van der Waals surface area contributed by atoms with Crippen LogP contribution in [0.1, 0.15) is 118 Å². The van der Waals surface area contributed by atoms with Gasteiger partial charge in [0.15, 0.2) is 17.7 Å². The number of aliphatic hydroxyl groups excluding tert-OH is 2. The molecule has 0 aliphatic carbocycles. The third kappa shape index (κ3) is 19.5. The van der Waals surface area contributed by atoms with Gasteiger partial charge in [-0.05, 0) is 52.4 Å². The fourth-order valence-corrected chi connectivity index (χ4v) is 9.62. The molecule has 392 valence electrons. The molecule has 1 fully saturated rings. The van der Waals surface area contributed by atoms with Crippen molar-refractivity contribution in [3.63, 3.8) is 0 Å². The predicted octanol–water partition coefficient (Wildman–Crippen LogP) is 1.04. The maximum absolute atomic E-state index is 12.9. The van der Waals surface area contributed by atoms with E-state index in [4.69, 9.17) is 10.5 Å². The number of carbonyl (C=O) groups excluding carboxylic acids is 3. The monoisotopic (exact) mass is 1040 g/mol. The number of hydrogen-bond acceptors (Lipinski definition) is 22. The van der Waals surface area contributed by atoms with Crippen LogP contribution in [0.4, 0.5) is 5.82 Å². The molecule has 3 heterocycles. The Kier molecular flexibility index (Phi) is 22.2. The van der Waals surface area contributed by atoms with Gasteiger partial charge in [-0.3, -0.25) is 32.9 Å². The number of Topliss-reactive ketones (excluding diaryl/α,β-unsaturated/α-hetero) is 1. The lowest BCUT2D eigenvalue weighted by molar-refractivity contribution is -0.347. The van der Waals surface area contributed by atoms with Gasteiger partial charge in [0.05, 0.1) is 32.8 Å². The van der Waals surface area contributed by atoms with E-state index in [0.717, 1.165) is 62.2 Å². The van der Waals surface area contributed by atoms with Crippen molar-refractivity contribution in [1.82, 2.24) is 30.2 Å². The number of ether oxygens (including phenoxy) is 1. The maximum atomic E-state index is 12.9. The summed E-state index contributed by atoms with van der Waals surface area (Å²) in [7, 11) is -17.7. The molecule has 26 nitrogen and oxygen atoms in total. The number of hydrogen-bond donors (Lipinski definition) is 6. The average molecular weight is 1040 g/mol. The molecule has 0 bridgehead atoms. The van der Waals surface area contributed by atoms with Crippen molar-refractivity contribution in [3.8, 4) is 0 Å². The highest BCUT2D eigenvalue weighted by molar-refractivity contribution is 7.59. The minimum absolute atomic E-state index is 0.0268. The van der Waals surface area contributed by atoms with Crippen LogP contribution in [0, 0.1) is 16.2 Å². The third-order valence-corrected chi connectivity index (χ3v) is 14.3. The van der Waals surface area contributed by atoms with Gasteiger partial charge in [0.25, 0.3) is 15.6 Å². The van der Waals surface area contributed by atoms with E-state index in [9.17, 15) is 67.8 Å². The van der Waals surface area contributed by atoms with Crippen LogP contribution in [-0.2, 0) is 55.5 Å². The molecule has 2 aromatic rings. The number of carboxylic acids is 1. The lowest BCUT2D eigenvalue weighted by atomic mass is 9.81. The molecule has 1 aliphatic rings. The summed E-state index contributed by atoms with van der Waals surface area (Å²) in [5.41, 5.74) is 2.74. The van der Waals surface area contributed by atoms with Crippen molar-refractivity contribution in [2.75, 3.05) is 32.0 Å². The summed E-state index contributed by atoms with van der Waals surface area (Å²) in [6.45, 7) is 7.08. The Hall–Kier alpha value is -3.58. The van der Waals surface area contributed by atoms with E-state index in [1.807, 2.05) is 13.8 Å². The van der Waals surface area contributed by atoms with Crippen molar-refractivity contribution in [2.45, 2.75) is 143 Å². The number of allylic oxidation sites excluding steroid dienone is 2. The Morgan fingerprint density at radius 2 is 1.46 bits per heavy atom. The number of aliphatic hydroxyl groups is 2. The zero-order valence-corrected chi connectivity index (χ0v) is 42.1. The summed E-state index contributed by atoms with van der Waals surface area (Å²) < 4.78 is 60.9. The number of fused-ring (bicyclic) bond motifs is 1. The van der Waals surface area contributed by atoms with Gasteiger partial charge < -0.3 is 74.1 Å². The van der Waals surface area contributed by atoms with Crippen LogP contribution in [0.3, 0.4) is 0 Å². The first-order chi connectivity index (χ1) is 31.9. The predicted molar refractivity (Wildman–Crippen MR) is 236 cm³/mol. The topological polar surface area (TPSA) is 412 Å². The van der Waals surface area contributed by atoms with Gasteiger partial charge in [-0.2, -0.15) is 0 Å². The van der Waals surface area contributed by atoms with E-state index in [-0.39, 0.29) is 48.7 Å². The van der Waals surface area contributed by atoms with Crippen LogP contribution in [0.2, 0.25) is 0 Å². The molecular weight excluding hydrogens is 975 g/mol. The van der Waals surface area contributed by atoms with Gasteiger partial charge in [-0.1, -0.05) is 59.1 Å². The Balaban J connectivity index is 1.36. The third-order valence-electron chi connectivity index (χ3n) is 11.3. The van der Waals surface area contributed by atoms with Crippen molar-refractivity contribution >= 4 is 64.0 Å². The highest BCUT2D eigenvalue weighted by atomic mass is 31.3. The van der Waals surface area contributed by atoms with Crippen molar-refractivity contribution in [2.24, 2.45) is 16.2 Å². The Labute approximate surface area is 399 Å². The van der Waals surface area contributed by atoms with E-state index in [0.29, 0.717) is 12.8 Å². The number of rotatable bonds is 32. The number of nitrogens with two attached hydrogens (primary N) is 1. The van der Waals surface area contributed by atoms with E-state index in [2.05, 4.69) is 55.6 Å². The molecular formula is C40H64N7O19P3-4. The Morgan fingerprint density at radius 1 is 0.870 bits per heavy atom. The largest absolute Gasteiger partial charge is 0.790 e. The quantitative estimate of drug-likeness (QED) is 0.0339. The number of nitrogen functional groups attached to an aromatic ring is 1. The van der Waals surface area contributed by atoms with Crippen molar-refractivity contribution in [3.05, 3.63) is 24.8 Å². The van der Waals surface area contributed by atoms with Gasteiger partial charge >= 0.3 is 5.97 Å². The number of carboxylic acid groups (broad SMARTS) is 1. The molecule has 3 rings (SSSR count). The molecule has 7 atom stereocenters. The zero-order chi connectivity index (χ0) is 52.0. The number of carbonyl (C=O) groups is 4. The second-order valence-corrected chi connectivity index (χ2v) is 22.6. The molecule has 7 N–H and O–H groups in total. The molecule has 1 aliphatic heterocycles. The molecule has 0 radical (unpaired) electrons. The number of anilines is 1. The first-order valence-electron chi connectivity index (χ1n) is 22.1. The minimum Gasteiger partial charge on any atom is -0.790 e. The number of aliphatic carboxylic acids is 1. The van der Waals surface area contributed by atoms with Crippen LogP contribution in [0.5, 0.6) is 0 Å². The van der Waals surface area contributed by atoms with Crippen molar-refractivity contribution in [1.29, 1.82) is 0 Å². The molecule has 1 saturated heterocycles. The Bertz CT molecular complexity index is 2240. The fourth-order valence-electron chi connectivity index (χ4n) is 6.89. The number of ketones is 1. The SMILES string of the molecule is CC(C)(CCCCC/C=C\CCCCC(C)(C)C(=O)CCNC(=O)CCNC(=O)C(O)C(C)(C)COP(=O)([O-])OP(=O)([O-])OCC1OC(n2cnc3c(N)ncnc32)C(O)C1OP(=O)([O-])[O-])C(=O)O. The van der Waals surface area contributed by atoms with Gasteiger partial charge in [-0.15, -0.1) is 0 Å². The summed E-state index contributed by atoms with van der Waals surface area (Å²) >= 11 is 0. The summed E-state index contributed by atoms with van der Waals surface area (Å²) in [5.74, 6) is -2.42. The average Bonchev–Trinajstić information content (AvgIpc) is 3.80. The van der Waals surface area contributed by atoms with Crippen LogP contribution in [0.25, 0.3) is 11.2 Å². The molecule has 7 unspecified atom stereocenters. The standard InChI is InChI=1S/C40H68N7O19P3/c1-38(2,18-14-12-10-8-7-9-11-13-15-19-39(3,4)37(53)54)27(48)16-20-42-28(49)17-21-43-35(52)32(51)40(5,6)23-63-69(60,61)66-68(58,59)62-22-26-31(65-67(55,56)57)30(50)36(64-26)47-25-46-29-33(41)44-24-45-34(29)47/h7-8,24-26,30-32,36,50-51H,9-23H2,1-6H3,(H,42,49)(H,43,52)(H,53,54)(H,58,59)(H,60,61)(H2,41,44,45)(H2,55,56,57)/p-4/b8-7-. The van der Waals surface area contributed by atoms with Crippen molar-refractivity contribution < 1.29 is 90.4 Å². The highest BCUT2D eigenvalue weighted by Crippen LogP contribution is 2.56. The Morgan fingerprint density at radius 3 is 2.10 bits per heavy atom. The van der Waals surface area contributed by atoms with Gasteiger partial charge in [0.2, 0.25) is 11.8 Å². The molecule has 2 amide bonds. The number of nitrogens with one attached hydrogen (secondary N) is 2. The summed E-state index contributed by atoms with van der Waals surface area (Å²) in [6.07, 6.45) is 4.33. The normalized spacial score (nSPS) is 20.4. The number of phosphoric ester groups is 3. The van der Waals surface area contributed by atoms with E-state index in [1.165, 1.54) is 13.8 Å². The summed E-state index contributed by atoms with van der Waals surface area (Å²) in [4.78, 5) is 109. The number of nitrogens with zero attached hydrogens (tertiary/aromatic N) is 4. The molecule has 0 aromatic carbocycles. The van der Waals surface area contributed by atoms with Crippen LogP contribution in [-0.4, -0.2) is 109 Å². The number of aromatic nitrogens is 4. The number of imidazole rings is 1. The van der Waals surface area contributed by atoms with Crippen LogP contribution in [0.15, 0.2) is 24.8 Å².